The molecule has 32 heteroatoms. The van der Waals surface area contributed by atoms with Gasteiger partial charge in [0.15, 0.2) is 27.0 Å². The van der Waals surface area contributed by atoms with E-state index in [-0.39, 0.29) is 65.3 Å². The van der Waals surface area contributed by atoms with Crippen LogP contribution < -0.4 is 16.0 Å². The number of halogens is 16. The van der Waals surface area contributed by atoms with Gasteiger partial charge in [0.2, 0.25) is 0 Å². The third kappa shape index (κ3) is 16.7. The highest BCUT2D eigenvalue weighted by atomic mass is 79.9. The van der Waals surface area contributed by atoms with Gasteiger partial charge in [-0.05, 0) is 110 Å². The number of rotatable bonds is 14. The third-order valence-electron chi connectivity index (χ3n) is 12.8. The minimum Gasteiger partial charge on any atom is -0.298 e. The predicted octanol–water partition coefficient (Wildman–Crippen LogP) is 19.4. The van der Waals surface area contributed by atoms with E-state index in [1.165, 1.54) is 54.7 Å². The third-order valence-corrected chi connectivity index (χ3v) is 17.1. The van der Waals surface area contributed by atoms with Gasteiger partial charge in [0.05, 0.1) is 41.2 Å². The van der Waals surface area contributed by atoms with Crippen molar-refractivity contribution in [1.82, 2.24) is 19.9 Å². The number of ketones is 2. The Morgan fingerprint density at radius 3 is 1.10 bits per heavy atom. The van der Waals surface area contributed by atoms with Crippen molar-refractivity contribution in [2.45, 2.75) is 57.5 Å². The van der Waals surface area contributed by atoms with E-state index >= 15 is 0 Å². The van der Waals surface area contributed by atoms with Crippen LogP contribution in [0.2, 0.25) is 0 Å². The van der Waals surface area contributed by atoms with Crippen LogP contribution in [0, 0.1) is 48.8 Å². The first-order valence-corrected chi connectivity index (χ1v) is 30.8. The summed E-state index contributed by atoms with van der Waals surface area (Å²) in [5.41, 5.74) is -4.38. The molecule has 12 nitrogen and oxygen atoms in total. The molecule has 0 spiro atoms. The van der Waals surface area contributed by atoms with Crippen molar-refractivity contribution in [2.24, 2.45) is 0 Å². The first-order chi connectivity index (χ1) is 44.1. The number of amides is 3. The van der Waals surface area contributed by atoms with Crippen molar-refractivity contribution in [1.29, 1.82) is 0 Å². The standard InChI is InChI=1S/C22H14F5N3OS2.C20H12BrF5N2O2S.C20H13F5N2O2S/c1-10-17(28-11(2)32-10)18-19(12-5-3-6-13(9-12)22(25,26)27)33-21(29-18)30-20(31)16-14(23)7-4-8-15(16)24;1-9(21)16(29)15-17(10-4-2-5-11(8-10)20(24,25)26)31-19(27-15)28-18(30)14-12(22)6-3-7-13(14)23;1-2-14(28)16-17(10-5-3-6-11(9-10)20(23,24)25)30-19(26-16)27-18(29)15-12(21)7-4-8-13(15)22/h3-9H,1-2H3,(H,29,30,31);2-9H,1H3,(H,27,28,30);3-9H,2H2,1H3,(H,26,27,29). The predicted molar refractivity (Wildman–Crippen MR) is 329 cm³/mol. The van der Waals surface area contributed by atoms with E-state index in [2.05, 4.69) is 51.8 Å². The molecule has 0 fully saturated rings. The lowest BCUT2D eigenvalue weighted by molar-refractivity contribution is -0.138. The molecule has 4 aromatic heterocycles. The SMILES string of the molecule is CC(Br)C(=O)c1nc(NC(=O)c2c(F)cccc2F)sc1-c1cccc(C(F)(F)F)c1.CCC(=O)c1nc(NC(=O)c2c(F)cccc2F)sc1-c1cccc(C(F)(F)F)c1.Cc1nc(-c2nc(NC(=O)c3c(F)cccc3F)sc2-c2cccc(C(F)(F)F)c2)c(C)s1. The van der Waals surface area contributed by atoms with E-state index in [0.717, 1.165) is 124 Å². The summed E-state index contributed by atoms with van der Waals surface area (Å²) in [6.07, 6.45) is -13.7. The van der Waals surface area contributed by atoms with Crippen LogP contribution in [0.15, 0.2) is 127 Å². The van der Waals surface area contributed by atoms with Gasteiger partial charge in [0, 0.05) is 11.3 Å². The van der Waals surface area contributed by atoms with Crippen molar-refractivity contribution in [3.63, 3.8) is 0 Å². The summed E-state index contributed by atoms with van der Waals surface area (Å²) in [6.45, 7) is 6.62. The Balaban J connectivity index is 0.000000181. The number of nitrogens with zero attached hydrogens (tertiary/aromatic N) is 4. The van der Waals surface area contributed by atoms with Crippen LogP contribution in [-0.2, 0) is 18.5 Å². The second-order valence-corrected chi connectivity index (χ2v) is 25.2. The number of hydrogen-bond donors (Lipinski definition) is 3. The summed E-state index contributed by atoms with van der Waals surface area (Å²) in [4.78, 5) is 79.3. The van der Waals surface area contributed by atoms with Gasteiger partial charge in [-0.25, -0.2) is 46.3 Å². The second-order valence-electron chi connectivity index (χ2n) is 19.4. The van der Waals surface area contributed by atoms with Gasteiger partial charge in [-0.3, -0.25) is 39.9 Å². The lowest BCUT2D eigenvalue weighted by Gasteiger charge is -2.08. The maximum Gasteiger partial charge on any atom is 0.416 e. The molecular formula is C62H39BrF15N7O5S4. The molecule has 4 heterocycles. The summed E-state index contributed by atoms with van der Waals surface area (Å²) in [5.74, 6) is -10.8. The highest BCUT2D eigenvalue weighted by Gasteiger charge is 2.35. The number of nitrogens with one attached hydrogen (secondary N) is 3. The molecule has 0 aliphatic rings. The average Bonchev–Trinajstić information content (AvgIpc) is 1.64. The lowest BCUT2D eigenvalue weighted by Crippen LogP contribution is -2.16. The van der Waals surface area contributed by atoms with Crippen LogP contribution in [0.3, 0.4) is 0 Å². The highest BCUT2D eigenvalue weighted by molar-refractivity contribution is 9.10. The summed E-state index contributed by atoms with van der Waals surface area (Å²) >= 11 is 6.82. The smallest absolute Gasteiger partial charge is 0.298 e. The van der Waals surface area contributed by atoms with Gasteiger partial charge < -0.3 is 0 Å². The molecule has 10 aromatic rings. The zero-order valence-electron chi connectivity index (χ0n) is 47.9. The molecule has 6 aromatic carbocycles. The Morgan fingerprint density at radius 1 is 0.447 bits per heavy atom. The Bertz CT molecular complexity index is 4480. The first kappa shape index (κ1) is 70.9. The number of anilines is 3. The fourth-order valence-corrected chi connectivity index (χ4v) is 12.4. The van der Waals surface area contributed by atoms with Crippen molar-refractivity contribution in [2.75, 3.05) is 16.0 Å². The van der Waals surface area contributed by atoms with Crippen LogP contribution in [0.5, 0.6) is 0 Å². The van der Waals surface area contributed by atoms with Crippen molar-refractivity contribution in [3.8, 4) is 42.7 Å². The summed E-state index contributed by atoms with van der Waals surface area (Å²) in [7, 11) is 0. The number of aryl methyl sites for hydroxylation is 2. The van der Waals surface area contributed by atoms with Crippen molar-refractivity contribution in [3.05, 3.63) is 217 Å². The fourth-order valence-electron chi connectivity index (χ4n) is 8.46. The van der Waals surface area contributed by atoms with Crippen molar-refractivity contribution >= 4 is 106 Å². The molecule has 10 rings (SSSR count). The van der Waals surface area contributed by atoms with Gasteiger partial charge in [0.1, 0.15) is 74.4 Å². The topological polar surface area (TPSA) is 173 Å². The van der Waals surface area contributed by atoms with E-state index in [1.54, 1.807) is 20.8 Å². The average molecular weight is 1460 g/mol. The summed E-state index contributed by atoms with van der Waals surface area (Å²) in [6, 6.07) is 22.1. The molecule has 0 radical (unpaired) electrons. The molecule has 488 valence electrons. The molecule has 0 aliphatic heterocycles. The van der Waals surface area contributed by atoms with E-state index < -0.39 is 121 Å². The second kappa shape index (κ2) is 29.1. The van der Waals surface area contributed by atoms with Crippen LogP contribution in [0.25, 0.3) is 42.7 Å². The van der Waals surface area contributed by atoms with E-state index in [1.807, 2.05) is 0 Å². The van der Waals surface area contributed by atoms with Crippen molar-refractivity contribution < 1.29 is 89.8 Å². The number of Topliss-reactive ketones (excluding diaryl/α,β-unsaturated/α-hetero) is 2. The molecule has 0 saturated heterocycles. The number of carbonyl (C=O) groups is 5. The Kier molecular flexibility index (Phi) is 22.0. The summed E-state index contributed by atoms with van der Waals surface area (Å²) in [5, 5.41) is 7.09. The quantitative estimate of drug-likeness (QED) is 0.0544. The van der Waals surface area contributed by atoms with Crippen LogP contribution >= 0.6 is 61.3 Å². The van der Waals surface area contributed by atoms with E-state index in [4.69, 9.17) is 0 Å². The zero-order valence-corrected chi connectivity index (χ0v) is 52.8. The summed E-state index contributed by atoms with van der Waals surface area (Å²) < 4.78 is 202. The highest BCUT2D eigenvalue weighted by Crippen LogP contribution is 2.44. The first-order valence-electron chi connectivity index (χ1n) is 26.6. The maximum absolute atomic E-state index is 14.0. The molecular weight excluding hydrogens is 1420 g/mol. The normalized spacial score (nSPS) is 11.8. The number of hydrogen-bond acceptors (Lipinski definition) is 13. The zero-order chi connectivity index (χ0) is 68.9. The number of thiazole rings is 4. The van der Waals surface area contributed by atoms with Gasteiger partial charge in [-0.1, -0.05) is 111 Å². The van der Waals surface area contributed by atoms with Crippen LogP contribution in [0.4, 0.5) is 81.3 Å². The Hall–Kier alpha value is -8.98. The monoisotopic (exact) mass is 1450 g/mol. The number of aromatic nitrogens is 4. The van der Waals surface area contributed by atoms with Crippen LogP contribution in [0.1, 0.15) is 98.9 Å². The molecule has 0 saturated carbocycles. The molecule has 1 atom stereocenters. The molecule has 0 bridgehead atoms. The van der Waals surface area contributed by atoms with Crippen LogP contribution in [-0.4, -0.2) is 54.1 Å². The minimum atomic E-state index is -4.60. The lowest BCUT2D eigenvalue weighted by atomic mass is 10.1. The molecule has 94 heavy (non-hydrogen) atoms. The number of benzene rings is 6. The minimum absolute atomic E-state index is 0.0189. The maximum atomic E-state index is 14.0. The Labute approximate surface area is 545 Å². The van der Waals surface area contributed by atoms with E-state index in [9.17, 15) is 89.8 Å². The Morgan fingerprint density at radius 2 is 0.766 bits per heavy atom. The number of alkyl halides is 10. The van der Waals surface area contributed by atoms with Gasteiger partial charge in [-0.2, -0.15) is 39.5 Å². The van der Waals surface area contributed by atoms with Gasteiger partial charge in [-0.15, -0.1) is 11.3 Å². The molecule has 1 unspecified atom stereocenters. The molecule has 3 N–H and O–H groups in total. The molecule has 3 amide bonds. The largest absolute Gasteiger partial charge is 0.416 e. The number of carbonyl (C=O) groups excluding carboxylic acids is 5. The van der Waals surface area contributed by atoms with Gasteiger partial charge in [0.25, 0.3) is 17.7 Å². The van der Waals surface area contributed by atoms with E-state index in [0.29, 0.717) is 21.9 Å². The molecule has 0 aliphatic carbocycles. The van der Waals surface area contributed by atoms with Gasteiger partial charge >= 0.3 is 18.5 Å². The fraction of sp³-hybridized carbons (Fsp3) is 0.145.